The highest BCUT2D eigenvalue weighted by molar-refractivity contribution is 7.12. The van der Waals surface area contributed by atoms with Crippen LogP contribution in [-0.4, -0.2) is 18.2 Å². The van der Waals surface area contributed by atoms with Crippen molar-refractivity contribution < 1.29 is 9.53 Å². The molecular weight excluding hydrogens is 284 g/mol. The van der Waals surface area contributed by atoms with Crippen molar-refractivity contribution in [3.8, 4) is 5.75 Å². The first-order valence-electron chi connectivity index (χ1n) is 6.64. The molecule has 0 aliphatic carbocycles. The molecule has 1 heterocycles. The lowest BCUT2D eigenvalue weighted by molar-refractivity contribution is -0.123. The molecule has 0 fully saturated rings. The molecule has 2 aromatic rings. The van der Waals surface area contributed by atoms with Crippen LogP contribution < -0.4 is 10.2 Å². The van der Waals surface area contributed by atoms with E-state index < -0.39 is 0 Å². The largest absolute Gasteiger partial charge is 0.483 e. The van der Waals surface area contributed by atoms with Gasteiger partial charge in [0.15, 0.2) is 6.61 Å². The molecule has 0 bridgehead atoms. The molecule has 1 amide bonds. The molecule has 110 valence electrons. The van der Waals surface area contributed by atoms with Gasteiger partial charge in [-0.3, -0.25) is 4.79 Å². The summed E-state index contributed by atoms with van der Waals surface area (Å²) in [5.74, 6) is 0.486. The van der Waals surface area contributed by atoms with Crippen LogP contribution in [0.4, 0.5) is 0 Å². The Labute approximate surface area is 128 Å². The molecule has 5 heteroatoms. The van der Waals surface area contributed by atoms with Crippen molar-refractivity contribution in [1.82, 2.24) is 5.43 Å². The number of aryl methyl sites for hydroxylation is 2. The topological polar surface area (TPSA) is 50.7 Å². The number of nitrogens with one attached hydrogen (secondary N) is 1. The Bertz CT molecular complexity index is 628. The molecule has 0 spiro atoms. The lowest BCUT2D eigenvalue weighted by atomic mass is 10.1. The van der Waals surface area contributed by atoms with Gasteiger partial charge >= 0.3 is 0 Å². The summed E-state index contributed by atoms with van der Waals surface area (Å²) in [7, 11) is 0. The number of hydrazone groups is 1. The first-order valence-corrected chi connectivity index (χ1v) is 7.52. The first kappa shape index (κ1) is 15.3. The smallest absolute Gasteiger partial charge is 0.277 e. The van der Waals surface area contributed by atoms with Crippen LogP contribution in [0.2, 0.25) is 0 Å². The number of amides is 1. The Morgan fingerprint density at radius 1 is 1.24 bits per heavy atom. The normalized spacial score (nSPS) is 11.3. The summed E-state index contributed by atoms with van der Waals surface area (Å²) in [5.41, 5.74) is 5.32. The summed E-state index contributed by atoms with van der Waals surface area (Å²) in [6, 6.07) is 9.79. The molecule has 1 aromatic carbocycles. The van der Waals surface area contributed by atoms with E-state index >= 15 is 0 Å². The zero-order chi connectivity index (χ0) is 15.2. The fraction of sp³-hybridized carbons (Fsp3) is 0.250. The van der Waals surface area contributed by atoms with Gasteiger partial charge in [0.05, 0.1) is 5.71 Å². The minimum Gasteiger partial charge on any atom is -0.483 e. The van der Waals surface area contributed by atoms with Gasteiger partial charge in [-0.15, -0.1) is 11.3 Å². The van der Waals surface area contributed by atoms with E-state index in [4.69, 9.17) is 4.74 Å². The molecule has 0 unspecified atom stereocenters. The molecule has 4 nitrogen and oxygen atoms in total. The Morgan fingerprint density at radius 2 is 1.95 bits per heavy atom. The van der Waals surface area contributed by atoms with E-state index in [0.717, 1.165) is 27.5 Å². The predicted molar refractivity (Wildman–Crippen MR) is 86.1 cm³/mol. The highest BCUT2D eigenvalue weighted by Gasteiger charge is 2.07. The average molecular weight is 302 g/mol. The molecule has 21 heavy (non-hydrogen) atoms. The third kappa shape index (κ3) is 4.16. The third-order valence-corrected chi connectivity index (χ3v) is 3.96. The Balaban J connectivity index is 1.90. The summed E-state index contributed by atoms with van der Waals surface area (Å²) in [6.45, 7) is 5.73. The summed E-state index contributed by atoms with van der Waals surface area (Å²) in [5, 5.41) is 6.04. The third-order valence-electron chi connectivity index (χ3n) is 2.98. The minimum atomic E-state index is -0.270. The maximum atomic E-state index is 11.8. The maximum Gasteiger partial charge on any atom is 0.277 e. The molecule has 2 rings (SSSR count). The average Bonchev–Trinajstić information content (AvgIpc) is 2.98. The van der Waals surface area contributed by atoms with E-state index in [1.165, 1.54) is 0 Å². The quantitative estimate of drug-likeness (QED) is 0.680. The number of carbonyl (C=O) groups is 1. The molecule has 0 aliphatic heterocycles. The second-order valence-electron chi connectivity index (χ2n) is 4.72. The standard InChI is InChI=1S/C16H18N2O2S/c1-11-6-4-7-12(2)16(11)20-10-15(19)18-17-13(3)14-8-5-9-21-14/h4-9H,10H2,1-3H3,(H,18,19)/b17-13-. The predicted octanol–water partition coefficient (Wildman–Crippen LogP) is 3.28. The van der Waals surface area contributed by atoms with Crippen LogP contribution in [0.1, 0.15) is 22.9 Å². The van der Waals surface area contributed by atoms with Gasteiger partial charge in [-0.2, -0.15) is 5.10 Å². The second kappa shape index (κ2) is 7.04. The van der Waals surface area contributed by atoms with Gasteiger partial charge in [-0.05, 0) is 43.3 Å². The Morgan fingerprint density at radius 3 is 2.57 bits per heavy atom. The van der Waals surface area contributed by atoms with Crippen LogP contribution in [0.5, 0.6) is 5.75 Å². The lowest BCUT2D eigenvalue weighted by Gasteiger charge is -2.10. The number of thiophene rings is 1. The number of nitrogens with zero attached hydrogens (tertiary/aromatic N) is 1. The summed E-state index contributed by atoms with van der Waals surface area (Å²) in [6.07, 6.45) is 0. The van der Waals surface area contributed by atoms with Crippen LogP contribution in [0.15, 0.2) is 40.8 Å². The minimum absolute atomic E-state index is 0.0487. The molecule has 1 aromatic heterocycles. The van der Waals surface area contributed by atoms with Crippen LogP contribution in [0.3, 0.4) is 0 Å². The van der Waals surface area contributed by atoms with Crippen LogP contribution >= 0.6 is 11.3 Å². The number of rotatable bonds is 5. The van der Waals surface area contributed by atoms with Gasteiger partial charge in [0, 0.05) is 4.88 Å². The van der Waals surface area contributed by atoms with Crippen molar-refractivity contribution in [2.24, 2.45) is 5.10 Å². The van der Waals surface area contributed by atoms with E-state index in [-0.39, 0.29) is 12.5 Å². The van der Waals surface area contributed by atoms with Gasteiger partial charge < -0.3 is 4.74 Å². The van der Waals surface area contributed by atoms with Gasteiger partial charge in [0.1, 0.15) is 5.75 Å². The molecule has 0 radical (unpaired) electrons. The molecular formula is C16H18N2O2S. The van der Waals surface area contributed by atoms with Crippen LogP contribution in [0, 0.1) is 13.8 Å². The van der Waals surface area contributed by atoms with E-state index in [1.54, 1.807) is 11.3 Å². The molecule has 0 atom stereocenters. The molecule has 1 N–H and O–H groups in total. The van der Waals surface area contributed by atoms with Crippen molar-refractivity contribution in [1.29, 1.82) is 0 Å². The summed E-state index contributed by atoms with van der Waals surface area (Å²) in [4.78, 5) is 12.8. The van der Waals surface area contributed by atoms with Crippen LogP contribution in [0.25, 0.3) is 0 Å². The van der Waals surface area contributed by atoms with Crippen molar-refractivity contribution in [2.75, 3.05) is 6.61 Å². The van der Waals surface area contributed by atoms with E-state index in [1.807, 2.05) is 56.5 Å². The fourth-order valence-corrected chi connectivity index (χ4v) is 2.56. The second-order valence-corrected chi connectivity index (χ2v) is 5.67. The zero-order valence-electron chi connectivity index (χ0n) is 12.3. The number of benzene rings is 1. The highest BCUT2D eigenvalue weighted by Crippen LogP contribution is 2.21. The SMILES string of the molecule is C/C(=N/NC(=O)COc1c(C)cccc1C)c1cccs1. The van der Waals surface area contributed by atoms with Gasteiger partial charge in [0.2, 0.25) is 0 Å². The number of ether oxygens (including phenoxy) is 1. The fourth-order valence-electron chi connectivity index (χ4n) is 1.88. The van der Waals surface area contributed by atoms with Crippen molar-refractivity contribution >= 4 is 23.0 Å². The number of para-hydroxylation sites is 1. The summed E-state index contributed by atoms with van der Waals surface area (Å²) < 4.78 is 5.57. The number of carbonyl (C=O) groups excluding carboxylic acids is 1. The summed E-state index contributed by atoms with van der Waals surface area (Å²) >= 11 is 1.58. The Hall–Kier alpha value is -2.14. The maximum absolute atomic E-state index is 11.8. The molecule has 0 saturated carbocycles. The van der Waals surface area contributed by atoms with Gasteiger partial charge in [-0.1, -0.05) is 24.3 Å². The molecule has 0 aliphatic rings. The van der Waals surface area contributed by atoms with Gasteiger partial charge in [0.25, 0.3) is 5.91 Å². The van der Waals surface area contributed by atoms with Crippen LogP contribution in [-0.2, 0) is 4.79 Å². The molecule has 0 saturated heterocycles. The first-order chi connectivity index (χ1) is 10.1. The van der Waals surface area contributed by atoms with E-state index in [2.05, 4.69) is 10.5 Å². The number of hydrogen-bond donors (Lipinski definition) is 1. The zero-order valence-corrected chi connectivity index (χ0v) is 13.2. The number of hydrogen-bond acceptors (Lipinski definition) is 4. The monoisotopic (exact) mass is 302 g/mol. The highest BCUT2D eigenvalue weighted by atomic mass is 32.1. The van der Waals surface area contributed by atoms with E-state index in [9.17, 15) is 4.79 Å². The van der Waals surface area contributed by atoms with Crippen molar-refractivity contribution in [3.05, 3.63) is 51.7 Å². The van der Waals surface area contributed by atoms with Gasteiger partial charge in [-0.25, -0.2) is 5.43 Å². The lowest BCUT2D eigenvalue weighted by Crippen LogP contribution is -2.25. The van der Waals surface area contributed by atoms with E-state index in [0.29, 0.717) is 0 Å². The van der Waals surface area contributed by atoms with Crippen molar-refractivity contribution in [2.45, 2.75) is 20.8 Å². The van der Waals surface area contributed by atoms with Crippen molar-refractivity contribution in [3.63, 3.8) is 0 Å². The Kier molecular flexibility index (Phi) is 5.11.